The molecule has 29 heavy (non-hydrogen) atoms. The summed E-state index contributed by atoms with van der Waals surface area (Å²) in [7, 11) is 0. The van der Waals surface area contributed by atoms with Crippen molar-refractivity contribution in [3.8, 4) is 17.1 Å². The van der Waals surface area contributed by atoms with Gasteiger partial charge in [0.05, 0.1) is 0 Å². The normalized spacial score (nSPS) is 14.9. The van der Waals surface area contributed by atoms with Crippen LogP contribution in [0, 0.1) is 0 Å². The van der Waals surface area contributed by atoms with E-state index in [0.717, 1.165) is 11.8 Å². The van der Waals surface area contributed by atoms with E-state index in [9.17, 15) is 18.3 Å². The average Bonchev–Trinajstić information content (AvgIpc) is 2.73. The number of pyridine rings is 1. The predicted molar refractivity (Wildman–Crippen MR) is 103 cm³/mol. The van der Waals surface area contributed by atoms with Crippen molar-refractivity contribution in [2.24, 2.45) is 0 Å². The standard InChI is InChI=1S/C20H18F3N5O/c21-20(22,23)17-13-18(26-19(25-17)14-4-6-24-7-5-14)28-10-8-27(9-11-28)15-2-1-3-16(29)12-15/h1-7,12-13,29H,8-11H2. The minimum absolute atomic E-state index is 0.0210. The summed E-state index contributed by atoms with van der Waals surface area (Å²) in [6.45, 7) is 2.19. The molecule has 1 aliphatic heterocycles. The lowest BCUT2D eigenvalue weighted by atomic mass is 10.2. The van der Waals surface area contributed by atoms with Crippen LogP contribution in [0.4, 0.5) is 24.7 Å². The van der Waals surface area contributed by atoms with Crippen LogP contribution in [-0.4, -0.2) is 46.2 Å². The van der Waals surface area contributed by atoms with Crippen LogP contribution in [0.15, 0.2) is 54.9 Å². The number of hydrogen-bond donors (Lipinski definition) is 1. The van der Waals surface area contributed by atoms with E-state index >= 15 is 0 Å². The van der Waals surface area contributed by atoms with Crippen LogP contribution in [0.3, 0.4) is 0 Å². The second-order valence-electron chi connectivity index (χ2n) is 6.66. The van der Waals surface area contributed by atoms with Crippen LogP contribution >= 0.6 is 0 Å². The molecule has 1 N–H and O–H groups in total. The van der Waals surface area contributed by atoms with Crippen LogP contribution in [0.5, 0.6) is 5.75 Å². The minimum atomic E-state index is -4.57. The quantitative estimate of drug-likeness (QED) is 0.724. The highest BCUT2D eigenvalue weighted by atomic mass is 19.4. The topological polar surface area (TPSA) is 65.4 Å². The Morgan fingerprint density at radius 1 is 0.862 bits per heavy atom. The molecule has 1 aliphatic rings. The van der Waals surface area contributed by atoms with Crippen molar-refractivity contribution >= 4 is 11.5 Å². The number of halogens is 3. The van der Waals surface area contributed by atoms with Crippen molar-refractivity contribution in [2.75, 3.05) is 36.0 Å². The second-order valence-corrected chi connectivity index (χ2v) is 6.66. The lowest BCUT2D eigenvalue weighted by Crippen LogP contribution is -2.47. The number of piperazine rings is 1. The summed E-state index contributed by atoms with van der Waals surface area (Å²) >= 11 is 0. The van der Waals surface area contributed by atoms with Gasteiger partial charge in [-0.15, -0.1) is 0 Å². The van der Waals surface area contributed by atoms with Gasteiger partial charge in [-0.1, -0.05) is 6.07 Å². The first-order chi connectivity index (χ1) is 13.9. The highest BCUT2D eigenvalue weighted by Crippen LogP contribution is 2.32. The number of anilines is 2. The molecule has 3 heterocycles. The van der Waals surface area contributed by atoms with E-state index in [2.05, 4.69) is 19.9 Å². The Balaban J connectivity index is 1.60. The number of benzene rings is 1. The number of aromatic nitrogens is 3. The number of aromatic hydroxyl groups is 1. The molecular weight excluding hydrogens is 383 g/mol. The van der Waals surface area contributed by atoms with Crippen molar-refractivity contribution in [1.29, 1.82) is 0 Å². The van der Waals surface area contributed by atoms with Crippen LogP contribution in [0.2, 0.25) is 0 Å². The zero-order valence-corrected chi connectivity index (χ0v) is 15.3. The summed E-state index contributed by atoms with van der Waals surface area (Å²) in [5, 5.41) is 9.65. The van der Waals surface area contributed by atoms with E-state index in [4.69, 9.17) is 0 Å². The molecule has 2 aromatic heterocycles. The van der Waals surface area contributed by atoms with E-state index in [1.54, 1.807) is 30.3 Å². The van der Waals surface area contributed by atoms with Gasteiger partial charge in [0.1, 0.15) is 11.6 Å². The molecule has 0 aliphatic carbocycles. The van der Waals surface area contributed by atoms with Gasteiger partial charge in [0.2, 0.25) is 0 Å². The molecule has 0 bridgehead atoms. The van der Waals surface area contributed by atoms with E-state index in [0.29, 0.717) is 31.7 Å². The first kappa shape index (κ1) is 19.0. The van der Waals surface area contributed by atoms with Gasteiger partial charge in [0.15, 0.2) is 11.5 Å². The van der Waals surface area contributed by atoms with Crippen molar-refractivity contribution in [2.45, 2.75) is 6.18 Å². The molecule has 0 radical (unpaired) electrons. The lowest BCUT2D eigenvalue weighted by molar-refractivity contribution is -0.141. The highest BCUT2D eigenvalue weighted by Gasteiger charge is 2.34. The van der Waals surface area contributed by atoms with Crippen molar-refractivity contribution in [3.63, 3.8) is 0 Å². The van der Waals surface area contributed by atoms with Crippen molar-refractivity contribution < 1.29 is 18.3 Å². The summed E-state index contributed by atoms with van der Waals surface area (Å²) in [5.74, 6) is 0.444. The first-order valence-electron chi connectivity index (χ1n) is 9.06. The van der Waals surface area contributed by atoms with E-state index in [1.165, 1.54) is 12.4 Å². The SMILES string of the molecule is Oc1cccc(N2CCN(c3cc(C(F)(F)F)nc(-c4ccncc4)n3)CC2)c1. The molecule has 6 nitrogen and oxygen atoms in total. The first-order valence-corrected chi connectivity index (χ1v) is 9.06. The molecule has 9 heteroatoms. The summed E-state index contributed by atoms with van der Waals surface area (Å²) in [6, 6.07) is 11.1. The Morgan fingerprint density at radius 2 is 1.55 bits per heavy atom. The number of phenolic OH excluding ortho intramolecular Hbond substituents is 1. The third-order valence-electron chi connectivity index (χ3n) is 4.74. The molecule has 1 aromatic carbocycles. The van der Waals surface area contributed by atoms with E-state index in [1.807, 2.05) is 11.0 Å². The molecule has 0 saturated carbocycles. The molecule has 0 spiro atoms. The molecule has 150 valence electrons. The van der Waals surface area contributed by atoms with E-state index in [-0.39, 0.29) is 17.4 Å². The van der Waals surface area contributed by atoms with Gasteiger partial charge < -0.3 is 14.9 Å². The lowest BCUT2D eigenvalue weighted by Gasteiger charge is -2.37. The third kappa shape index (κ3) is 4.23. The Kier molecular flexibility index (Phi) is 4.96. The van der Waals surface area contributed by atoms with Crippen LogP contribution in [0.1, 0.15) is 5.69 Å². The van der Waals surface area contributed by atoms with Crippen molar-refractivity contribution in [3.05, 3.63) is 60.6 Å². The van der Waals surface area contributed by atoms with E-state index < -0.39 is 11.9 Å². The molecular formula is C20H18F3N5O. The van der Waals surface area contributed by atoms with Gasteiger partial charge in [-0.05, 0) is 24.3 Å². The van der Waals surface area contributed by atoms with Gasteiger partial charge >= 0.3 is 6.18 Å². The van der Waals surface area contributed by atoms with Gasteiger partial charge in [-0.3, -0.25) is 4.98 Å². The highest BCUT2D eigenvalue weighted by molar-refractivity contribution is 5.58. The zero-order chi connectivity index (χ0) is 20.4. The fourth-order valence-corrected chi connectivity index (χ4v) is 3.26. The third-order valence-corrected chi connectivity index (χ3v) is 4.74. The Hall–Kier alpha value is -3.36. The molecule has 0 unspecified atom stereocenters. The van der Waals surface area contributed by atoms with Crippen molar-refractivity contribution in [1.82, 2.24) is 15.0 Å². The smallest absolute Gasteiger partial charge is 0.433 e. The number of alkyl halides is 3. The Labute approximate surface area is 165 Å². The number of nitrogens with zero attached hydrogens (tertiary/aromatic N) is 5. The van der Waals surface area contributed by atoms with Gasteiger partial charge in [0, 0.05) is 62.0 Å². The van der Waals surface area contributed by atoms with Gasteiger partial charge in [-0.25, -0.2) is 9.97 Å². The summed E-state index contributed by atoms with van der Waals surface area (Å²) in [5.41, 5.74) is 0.385. The number of phenols is 1. The van der Waals surface area contributed by atoms with Crippen LogP contribution < -0.4 is 9.80 Å². The molecule has 4 rings (SSSR count). The summed E-state index contributed by atoms with van der Waals surface area (Å²) < 4.78 is 40.2. The second kappa shape index (κ2) is 7.57. The molecule has 3 aromatic rings. The van der Waals surface area contributed by atoms with Crippen LogP contribution in [0.25, 0.3) is 11.4 Å². The summed E-state index contributed by atoms with van der Waals surface area (Å²) in [6.07, 6.45) is -1.58. The molecule has 0 atom stereocenters. The molecule has 1 fully saturated rings. The number of rotatable bonds is 3. The molecule has 1 saturated heterocycles. The fraction of sp³-hybridized carbons (Fsp3) is 0.250. The maximum Gasteiger partial charge on any atom is 0.433 e. The van der Waals surface area contributed by atoms with Gasteiger partial charge in [-0.2, -0.15) is 13.2 Å². The van der Waals surface area contributed by atoms with Crippen LogP contribution in [-0.2, 0) is 6.18 Å². The number of hydrogen-bond acceptors (Lipinski definition) is 6. The summed E-state index contributed by atoms with van der Waals surface area (Å²) in [4.78, 5) is 15.9. The maximum atomic E-state index is 13.4. The molecule has 0 amide bonds. The largest absolute Gasteiger partial charge is 0.508 e. The average molecular weight is 401 g/mol. The zero-order valence-electron chi connectivity index (χ0n) is 15.3. The Bertz CT molecular complexity index is 989. The maximum absolute atomic E-state index is 13.4. The fourth-order valence-electron chi connectivity index (χ4n) is 3.26. The Morgan fingerprint density at radius 3 is 2.21 bits per heavy atom. The minimum Gasteiger partial charge on any atom is -0.508 e. The monoisotopic (exact) mass is 401 g/mol. The predicted octanol–water partition coefficient (Wildman–Crippen LogP) is 3.59. The van der Waals surface area contributed by atoms with Gasteiger partial charge in [0.25, 0.3) is 0 Å².